The first-order valence-corrected chi connectivity index (χ1v) is 5.43. The second kappa shape index (κ2) is 5.11. The Morgan fingerprint density at radius 1 is 1.33 bits per heavy atom. The number of pyridine rings is 1. The van der Waals surface area contributed by atoms with Gasteiger partial charge in [-0.15, -0.1) is 0 Å². The number of nitrogens with zero attached hydrogens (tertiary/aromatic N) is 2. The molecule has 0 saturated carbocycles. The predicted molar refractivity (Wildman–Crippen MR) is 68.1 cm³/mol. The summed E-state index contributed by atoms with van der Waals surface area (Å²) in [5.41, 5.74) is 1.92. The van der Waals surface area contributed by atoms with Crippen LogP contribution < -0.4 is 5.32 Å². The van der Waals surface area contributed by atoms with E-state index in [4.69, 9.17) is 5.26 Å². The van der Waals surface area contributed by atoms with Crippen LogP contribution >= 0.6 is 0 Å². The van der Waals surface area contributed by atoms with Gasteiger partial charge in [-0.25, -0.2) is 4.98 Å². The van der Waals surface area contributed by atoms with Crippen LogP contribution in [-0.4, -0.2) is 10.9 Å². The Balaban J connectivity index is 2.20. The van der Waals surface area contributed by atoms with E-state index in [1.807, 2.05) is 19.1 Å². The van der Waals surface area contributed by atoms with E-state index in [2.05, 4.69) is 10.3 Å². The van der Waals surface area contributed by atoms with Crippen LogP contribution in [-0.2, 0) is 0 Å². The summed E-state index contributed by atoms with van der Waals surface area (Å²) in [6.45, 7) is 1.92. The standard InChI is InChI=1S/C14H11N3O/c1-10-5-6-16-13(7-10)17-14(18)12-4-2-3-11(8-12)9-15/h2-8H,1H3,(H,16,17,18). The molecule has 0 aliphatic heterocycles. The molecule has 2 aromatic rings. The van der Waals surface area contributed by atoms with E-state index in [0.29, 0.717) is 16.9 Å². The quantitative estimate of drug-likeness (QED) is 0.872. The minimum Gasteiger partial charge on any atom is -0.307 e. The van der Waals surface area contributed by atoms with Crippen LogP contribution in [0, 0.1) is 18.3 Å². The van der Waals surface area contributed by atoms with E-state index in [1.165, 1.54) is 0 Å². The van der Waals surface area contributed by atoms with E-state index in [-0.39, 0.29) is 5.91 Å². The third kappa shape index (κ3) is 2.71. The molecule has 4 nitrogen and oxygen atoms in total. The van der Waals surface area contributed by atoms with Gasteiger partial charge in [0.2, 0.25) is 0 Å². The van der Waals surface area contributed by atoms with Crippen molar-refractivity contribution in [3.8, 4) is 6.07 Å². The molecule has 1 N–H and O–H groups in total. The normalized spacial score (nSPS) is 9.56. The van der Waals surface area contributed by atoms with Crippen molar-refractivity contribution in [2.45, 2.75) is 6.92 Å². The lowest BCUT2D eigenvalue weighted by atomic mass is 10.1. The van der Waals surface area contributed by atoms with Crippen molar-refractivity contribution in [3.63, 3.8) is 0 Å². The maximum Gasteiger partial charge on any atom is 0.256 e. The summed E-state index contributed by atoms with van der Waals surface area (Å²) in [5.74, 6) is 0.229. The molecule has 0 bridgehead atoms. The first kappa shape index (κ1) is 11.8. The number of nitriles is 1. The minimum absolute atomic E-state index is 0.273. The fraction of sp³-hybridized carbons (Fsp3) is 0.0714. The molecule has 0 aliphatic carbocycles. The molecule has 0 unspecified atom stereocenters. The minimum atomic E-state index is -0.273. The van der Waals surface area contributed by atoms with Crippen LogP contribution in [0.5, 0.6) is 0 Å². The summed E-state index contributed by atoms with van der Waals surface area (Å²) in [6.07, 6.45) is 1.64. The molecular weight excluding hydrogens is 226 g/mol. The highest BCUT2D eigenvalue weighted by molar-refractivity contribution is 6.03. The van der Waals surface area contributed by atoms with Crippen molar-refractivity contribution in [3.05, 3.63) is 59.3 Å². The largest absolute Gasteiger partial charge is 0.307 e. The van der Waals surface area contributed by atoms with Crippen LogP contribution in [0.2, 0.25) is 0 Å². The number of anilines is 1. The van der Waals surface area contributed by atoms with Crippen molar-refractivity contribution in [1.82, 2.24) is 4.98 Å². The fourth-order valence-corrected chi connectivity index (χ4v) is 1.52. The summed E-state index contributed by atoms with van der Waals surface area (Å²) >= 11 is 0. The van der Waals surface area contributed by atoms with E-state index in [0.717, 1.165) is 5.56 Å². The Hall–Kier alpha value is -2.67. The summed E-state index contributed by atoms with van der Waals surface area (Å²) in [5, 5.41) is 11.5. The zero-order chi connectivity index (χ0) is 13.0. The molecule has 1 heterocycles. The average molecular weight is 237 g/mol. The Morgan fingerprint density at radius 3 is 2.89 bits per heavy atom. The predicted octanol–water partition coefficient (Wildman–Crippen LogP) is 2.51. The van der Waals surface area contributed by atoms with Crippen molar-refractivity contribution in [2.75, 3.05) is 5.32 Å². The van der Waals surface area contributed by atoms with Crippen LogP contribution in [0.3, 0.4) is 0 Å². The Labute approximate surface area is 105 Å². The molecule has 0 saturated heterocycles. The summed E-state index contributed by atoms with van der Waals surface area (Å²) in [7, 11) is 0. The van der Waals surface area contributed by atoms with Crippen molar-refractivity contribution in [2.24, 2.45) is 0 Å². The number of hydrogen-bond donors (Lipinski definition) is 1. The van der Waals surface area contributed by atoms with Crippen LogP contribution in [0.4, 0.5) is 5.82 Å². The van der Waals surface area contributed by atoms with Gasteiger partial charge in [-0.1, -0.05) is 6.07 Å². The number of benzene rings is 1. The van der Waals surface area contributed by atoms with Crippen molar-refractivity contribution < 1.29 is 4.79 Å². The molecule has 0 fully saturated rings. The molecule has 0 aliphatic rings. The number of amides is 1. The molecule has 1 aromatic heterocycles. The van der Waals surface area contributed by atoms with E-state index in [1.54, 1.807) is 36.5 Å². The van der Waals surface area contributed by atoms with Gasteiger partial charge in [0.25, 0.3) is 5.91 Å². The third-order valence-electron chi connectivity index (χ3n) is 2.41. The smallest absolute Gasteiger partial charge is 0.256 e. The molecule has 88 valence electrons. The fourth-order valence-electron chi connectivity index (χ4n) is 1.52. The van der Waals surface area contributed by atoms with Crippen LogP contribution in [0.25, 0.3) is 0 Å². The number of aromatic nitrogens is 1. The van der Waals surface area contributed by atoms with E-state index >= 15 is 0 Å². The molecule has 1 aromatic carbocycles. The summed E-state index contributed by atoms with van der Waals surface area (Å²) < 4.78 is 0. The number of aryl methyl sites for hydroxylation is 1. The number of carbonyl (C=O) groups is 1. The number of carbonyl (C=O) groups excluding carboxylic acids is 1. The Kier molecular flexibility index (Phi) is 3.35. The number of hydrogen-bond acceptors (Lipinski definition) is 3. The van der Waals surface area contributed by atoms with Crippen molar-refractivity contribution >= 4 is 11.7 Å². The van der Waals surface area contributed by atoms with Gasteiger partial charge < -0.3 is 5.32 Å². The highest BCUT2D eigenvalue weighted by Gasteiger charge is 2.07. The highest BCUT2D eigenvalue weighted by atomic mass is 16.1. The van der Waals surface area contributed by atoms with Gasteiger partial charge >= 0.3 is 0 Å². The van der Waals surface area contributed by atoms with Crippen molar-refractivity contribution in [1.29, 1.82) is 5.26 Å². The molecule has 0 atom stereocenters. The molecule has 18 heavy (non-hydrogen) atoms. The average Bonchev–Trinajstić information content (AvgIpc) is 2.39. The van der Waals surface area contributed by atoms with E-state index in [9.17, 15) is 4.79 Å². The highest BCUT2D eigenvalue weighted by Crippen LogP contribution is 2.09. The van der Waals surface area contributed by atoms with Gasteiger partial charge in [-0.3, -0.25) is 4.79 Å². The summed E-state index contributed by atoms with van der Waals surface area (Å²) in [4.78, 5) is 16.0. The lowest BCUT2D eigenvalue weighted by Gasteiger charge is -2.05. The van der Waals surface area contributed by atoms with Gasteiger partial charge in [0, 0.05) is 11.8 Å². The first-order valence-electron chi connectivity index (χ1n) is 5.43. The summed E-state index contributed by atoms with van der Waals surface area (Å²) in [6, 6.07) is 12.2. The molecule has 0 radical (unpaired) electrons. The Morgan fingerprint density at radius 2 is 2.17 bits per heavy atom. The SMILES string of the molecule is Cc1ccnc(NC(=O)c2cccc(C#N)c2)c1. The Bertz CT molecular complexity index is 629. The second-order valence-corrected chi connectivity index (χ2v) is 3.87. The van der Waals surface area contributed by atoms with Gasteiger partial charge in [-0.05, 0) is 42.8 Å². The van der Waals surface area contributed by atoms with E-state index < -0.39 is 0 Å². The zero-order valence-corrected chi connectivity index (χ0v) is 9.84. The van der Waals surface area contributed by atoms with Gasteiger partial charge in [0.15, 0.2) is 0 Å². The lowest BCUT2D eigenvalue weighted by Crippen LogP contribution is -2.13. The van der Waals surface area contributed by atoms with Gasteiger partial charge in [-0.2, -0.15) is 5.26 Å². The maximum absolute atomic E-state index is 11.9. The molecule has 0 spiro atoms. The topological polar surface area (TPSA) is 65.8 Å². The molecule has 4 heteroatoms. The molecule has 2 rings (SSSR count). The number of rotatable bonds is 2. The second-order valence-electron chi connectivity index (χ2n) is 3.87. The number of nitrogens with one attached hydrogen (secondary N) is 1. The molecular formula is C14H11N3O. The van der Waals surface area contributed by atoms with Crippen LogP contribution in [0.15, 0.2) is 42.6 Å². The molecule has 1 amide bonds. The first-order chi connectivity index (χ1) is 8.69. The zero-order valence-electron chi connectivity index (χ0n) is 9.84. The monoisotopic (exact) mass is 237 g/mol. The van der Waals surface area contributed by atoms with Gasteiger partial charge in [0.1, 0.15) is 5.82 Å². The lowest BCUT2D eigenvalue weighted by molar-refractivity contribution is 0.102. The van der Waals surface area contributed by atoms with Crippen LogP contribution in [0.1, 0.15) is 21.5 Å². The maximum atomic E-state index is 11.9. The third-order valence-corrected chi connectivity index (χ3v) is 2.41. The van der Waals surface area contributed by atoms with Gasteiger partial charge in [0.05, 0.1) is 11.6 Å².